The van der Waals surface area contributed by atoms with Crippen LogP contribution in [0.4, 0.5) is 0 Å². The van der Waals surface area contributed by atoms with Crippen LogP contribution in [0.15, 0.2) is 18.2 Å². The summed E-state index contributed by atoms with van der Waals surface area (Å²) in [5.74, 6) is 1.23. The van der Waals surface area contributed by atoms with Crippen molar-refractivity contribution in [3.8, 4) is 5.75 Å². The molecule has 0 saturated heterocycles. The first-order chi connectivity index (χ1) is 8.25. The summed E-state index contributed by atoms with van der Waals surface area (Å²) in [4.78, 5) is 0. The highest BCUT2D eigenvalue weighted by atomic mass is 35.5. The first kappa shape index (κ1) is 12.7. The summed E-state index contributed by atoms with van der Waals surface area (Å²) in [5.41, 5.74) is 0.879. The van der Waals surface area contributed by atoms with Crippen molar-refractivity contribution in [2.24, 2.45) is 5.92 Å². The van der Waals surface area contributed by atoms with Crippen molar-refractivity contribution in [3.63, 3.8) is 0 Å². The van der Waals surface area contributed by atoms with Crippen molar-refractivity contribution in [2.75, 3.05) is 6.54 Å². The van der Waals surface area contributed by atoms with E-state index in [-0.39, 0.29) is 0 Å². The Morgan fingerprint density at radius 2 is 2.06 bits per heavy atom. The topological polar surface area (TPSA) is 32.3 Å². The number of aromatic hydroxyl groups is 1. The van der Waals surface area contributed by atoms with Gasteiger partial charge in [0.05, 0.1) is 0 Å². The maximum absolute atomic E-state index is 9.65. The fourth-order valence-electron chi connectivity index (χ4n) is 2.52. The minimum atomic E-state index is 0.322. The van der Waals surface area contributed by atoms with Crippen LogP contribution in [-0.4, -0.2) is 11.7 Å². The van der Waals surface area contributed by atoms with Gasteiger partial charge < -0.3 is 10.4 Å². The van der Waals surface area contributed by atoms with E-state index in [0.717, 1.165) is 18.0 Å². The monoisotopic (exact) mass is 253 g/mol. The van der Waals surface area contributed by atoms with Gasteiger partial charge in [0.25, 0.3) is 0 Å². The number of hydrogen-bond donors (Lipinski definition) is 2. The highest BCUT2D eigenvalue weighted by Crippen LogP contribution is 2.27. The first-order valence-corrected chi connectivity index (χ1v) is 6.81. The van der Waals surface area contributed by atoms with E-state index < -0.39 is 0 Å². The van der Waals surface area contributed by atoms with Gasteiger partial charge in [-0.15, -0.1) is 0 Å². The Morgan fingerprint density at radius 3 is 2.82 bits per heavy atom. The molecule has 17 heavy (non-hydrogen) atoms. The molecule has 1 aliphatic rings. The molecule has 0 radical (unpaired) electrons. The van der Waals surface area contributed by atoms with Gasteiger partial charge >= 0.3 is 0 Å². The van der Waals surface area contributed by atoms with E-state index in [4.69, 9.17) is 11.6 Å². The second kappa shape index (κ2) is 6.27. The highest BCUT2D eigenvalue weighted by Gasteiger charge is 2.13. The summed E-state index contributed by atoms with van der Waals surface area (Å²) in [6, 6.07) is 5.18. The SMILES string of the molecule is Oc1ccc(Cl)cc1CNCCC1CCCC1. The van der Waals surface area contributed by atoms with Gasteiger partial charge in [-0.3, -0.25) is 0 Å². The molecule has 2 N–H and O–H groups in total. The van der Waals surface area contributed by atoms with Gasteiger partial charge in [-0.2, -0.15) is 0 Å². The Kier molecular flexibility index (Phi) is 4.69. The Labute approximate surface area is 108 Å². The van der Waals surface area contributed by atoms with Gasteiger partial charge in [0.1, 0.15) is 5.75 Å². The molecule has 0 aliphatic heterocycles. The Bertz CT molecular complexity index is 361. The van der Waals surface area contributed by atoms with Crippen LogP contribution in [0.25, 0.3) is 0 Å². The Balaban J connectivity index is 1.72. The standard InChI is InChI=1S/C14H20ClNO/c15-13-5-6-14(17)12(9-13)10-16-8-7-11-3-1-2-4-11/h5-6,9,11,16-17H,1-4,7-8,10H2. The van der Waals surface area contributed by atoms with Crippen LogP contribution in [0.2, 0.25) is 5.02 Å². The summed E-state index contributed by atoms with van der Waals surface area (Å²) in [6.45, 7) is 1.72. The van der Waals surface area contributed by atoms with Crippen molar-refractivity contribution in [1.82, 2.24) is 5.32 Å². The number of hydrogen-bond acceptors (Lipinski definition) is 2. The number of phenolic OH excluding ortho intramolecular Hbond substituents is 1. The molecule has 0 heterocycles. The molecule has 0 spiro atoms. The Hall–Kier alpha value is -0.730. The minimum Gasteiger partial charge on any atom is -0.508 e. The second-order valence-electron chi connectivity index (χ2n) is 4.89. The maximum atomic E-state index is 9.65. The summed E-state index contributed by atoms with van der Waals surface area (Å²) in [5, 5.41) is 13.7. The van der Waals surface area contributed by atoms with E-state index in [2.05, 4.69) is 5.32 Å². The summed E-state index contributed by atoms with van der Waals surface area (Å²) >= 11 is 5.89. The van der Waals surface area contributed by atoms with E-state index in [1.807, 2.05) is 6.07 Å². The molecular formula is C14H20ClNO. The van der Waals surface area contributed by atoms with Crippen molar-refractivity contribution in [3.05, 3.63) is 28.8 Å². The lowest BCUT2D eigenvalue weighted by Gasteiger charge is -2.10. The zero-order valence-corrected chi connectivity index (χ0v) is 10.8. The molecule has 1 aromatic carbocycles. The lowest BCUT2D eigenvalue weighted by atomic mass is 10.0. The molecule has 0 amide bonds. The zero-order chi connectivity index (χ0) is 12.1. The molecule has 0 atom stereocenters. The van der Waals surface area contributed by atoms with Crippen molar-refractivity contribution < 1.29 is 5.11 Å². The van der Waals surface area contributed by atoms with Crippen molar-refractivity contribution >= 4 is 11.6 Å². The first-order valence-electron chi connectivity index (χ1n) is 6.44. The predicted octanol–water partition coefficient (Wildman–Crippen LogP) is 3.72. The number of halogens is 1. The van der Waals surface area contributed by atoms with Crippen LogP contribution in [-0.2, 0) is 6.54 Å². The summed E-state index contributed by atoms with van der Waals surface area (Å²) in [7, 11) is 0. The van der Waals surface area contributed by atoms with E-state index in [1.54, 1.807) is 12.1 Å². The third-order valence-electron chi connectivity index (χ3n) is 3.56. The van der Waals surface area contributed by atoms with Crippen LogP contribution in [0, 0.1) is 5.92 Å². The van der Waals surface area contributed by atoms with Crippen LogP contribution >= 0.6 is 11.6 Å². The van der Waals surface area contributed by atoms with Gasteiger partial charge in [0.15, 0.2) is 0 Å². The fourth-order valence-corrected chi connectivity index (χ4v) is 2.72. The van der Waals surface area contributed by atoms with Crippen LogP contribution in [0.5, 0.6) is 5.75 Å². The summed E-state index contributed by atoms with van der Waals surface area (Å²) < 4.78 is 0. The molecule has 2 nitrogen and oxygen atoms in total. The average Bonchev–Trinajstić information content (AvgIpc) is 2.82. The molecule has 3 heteroatoms. The largest absolute Gasteiger partial charge is 0.508 e. The molecule has 94 valence electrons. The molecule has 2 rings (SSSR count). The van der Waals surface area contributed by atoms with Crippen LogP contribution in [0.1, 0.15) is 37.7 Å². The van der Waals surface area contributed by atoms with Gasteiger partial charge in [-0.05, 0) is 37.1 Å². The predicted molar refractivity (Wildman–Crippen MR) is 71.4 cm³/mol. The number of rotatable bonds is 5. The van der Waals surface area contributed by atoms with Crippen molar-refractivity contribution in [2.45, 2.75) is 38.6 Å². The molecule has 0 aromatic heterocycles. The van der Waals surface area contributed by atoms with Gasteiger partial charge in [0.2, 0.25) is 0 Å². The number of phenols is 1. The van der Waals surface area contributed by atoms with Gasteiger partial charge in [-0.1, -0.05) is 37.3 Å². The Morgan fingerprint density at radius 1 is 1.29 bits per heavy atom. The number of benzene rings is 1. The summed E-state index contributed by atoms with van der Waals surface area (Å²) in [6.07, 6.45) is 6.84. The molecule has 1 aliphatic carbocycles. The van der Waals surface area contributed by atoms with Crippen molar-refractivity contribution in [1.29, 1.82) is 0 Å². The highest BCUT2D eigenvalue weighted by molar-refractivity contribution is 6.30. The lowest BCUT2D eigenvalue weighted by Crippen LogP contribution is -2.17. The van der Waals surface area contributed by atoms with E-state index in [0.29, 0.717) is 17.3 Å². The molecule has 1 fully saturated rings. The molecule has 1 aromatic rings. The van der Waals surface area contributed by atoms with E-state index in [1.165, 1.54) is 32.1 Å². The molecular weight excluding hydrogens is 234 g/mol. The van der Waals surface area contributed by atoms with Crippen LogP contribution in [0.3, 0.4) is 0 Å². The molecule has 0 bridgehead atoms. The molecule has 1 saturated carbocycles. The third-order valence-corrected chi connectivity index (χ3v) is 3.80. The minimum absolute atomic E-state index is 0.322. The maximum Gasteiger partial charge on any atom is 0.120 e. The fraction of sp³-hybridized carbons (Fsp3) is 0.571. The van der Waals surface area contributed by atoms with Gasteiger partial charge in [-0.25, -0.2) is 0 Å². The lowest BCUT2D eigenvalue weighted by molar-refractivity contribution is 0.455. The van der Waals surface area contributed by atoms with Gasteiger partial charge in [0, 0.05) is 17.1 Å². The average molecular weight is 254 g/mol. The zero-order valence-electron chi connectivity index (χ0n) is 10.1. The number of nitrogens with one attached hydrogen (secondary N) is 1. The smallest absolute Gasteiger partial charge is 0.120 e. The van der Waals surface area contributed by atoms with E-state index >= 15 is 0 Å². The molecule has 0 unspecified atom stereocenters. The normalized spacial score (nSPS) is 16.5. The van der Waals surface area contributed by atoms with Crippen LogP contribution < -0.4 is 5.32 Å². The third kappa shape index (κ3) is 3.90. The quantitative estimate of drug-likeness (QED) is 0.784. The second-order valence-corrected chi connectivity index (χ2v) is 5.33. The van der Waals surface area contributed by atoms with E-state index in [9.17, 15) is 5.11 Å².